The van der Waals surface area contributed by atoms with Crippen molar-refractivity contribution in [1.29, 1.82) is 0 Å². The van der Waals surface area contributed by atoms with Gasteiger partial charge in [0, 0.05) is 31.1 Å². The fourth-order valence-corrected chi connectivity index (χ4v) is 3.99. The summed E-state index contributed by atoms with van der Waals surface area (Å²) in [5, 5.41) is 23.9. The van der Waals surface area contributed by atoms with Gasteiger partial charge in [-0.3, -0.25) is 4.90 Å². The van der Waals surface area contributed by atoms with Crippen molar-refractivity contribution in [3.8, 4) is 0 Å². The molecule has 0 unspecified atom stereocenters. The average molecular weight is 345 g/mol. The molecule has 0 spiro atoms. The van der Waals surface area contributed by atoms with Crippen LogP contribution in [0, 0.1) is 0 Å². The lowest BCUT2D eigenvalue weighted by Gasteiger charge is -2.37. The molecule has 1 atom stereocenters. The number of fused-ring (bicyclic) bond motifs is 1. The van der Waals surface area contributed by atoms with Gasteiger partial charge in [0.2, 0.25) is 0 Å². The predicted molar refractivity (Wildman–Crippen MR) is 92.0 cm³/mol. The van der Waals surface area contributed by atoms with E-state index in [2.05, 4.69) is 34.2 Å². The topological polar surface area (TPSA) is 80.2 Å². The minimum absolute atomic E-state index is 0.242. The van der Waals surface area contributed by atoms with Gasteiger partial charge in [-0.15, -0.1) is 5.10 Å². The highest BCUT2D eigenvalue weighted by Crippen LogP contribution is 2.32. The third kappa shape index (κ3) is 3.22. The van der Waals surface area contributed by atoms with Gasteiger partial charge >= 0.3 is 0 Å². The minimum Gasteiger partial charge on any atom is -0.382 e. The Labute approximate surface area is 148 Å². The molecule has 7 nitrogen and oxygen atoms in total. The summed E-state index contributed by atoms with van der Waals surface area (Å²) >= 11 is 0. The second kappa shape index (κ2) is 6.53. The molecule has 3 heterocycles. The van der Waals surface area contributed by atoms with Crippen LogP contribution in [0.25, 0.3) is 0 Å². The van der Waals surface area contributed by atoms with Gasteiger partial charge in [0.25, 0.3) is 0 Å². The van der Waals surface area contributed by atoms with Crippen LogP contribution in [-0.4, -0.2) is 43.2 Å². The second-order valence-corrected chi connectivity index (χ2v) is 7.76. The van der Waals surface area contributed by atoms with Crippen molar-refractivity contribution in [2.24, 2.45) is 0 Å². The van der Waals surface area contributed by atoms with Gasteiger partial charge in [-0.1, -0.05) is 10.4 Å². The zero-order valence-electron chi connectivity index (χ0n) is 15.1. The zero-order valence-corrected chi connectivity index (χ0v) is 15.1. The second-order valence-electron chi connectivity index (χ2n) is 7.76. The van der Waals surface area contributed by atoms with Gasteiger partial charge in [-0.25, -0.2) is 4.68 Å². The Hall–Kier alpha value is -1.73. The molecule has 1 aliphatic carbocycles. The molecular weight excluding hydrogens is 318 g/mol. The largest absolute Gasteiger partial charge is 0.382 e. The molecule has 136 valence electrons. The number of likely N-dealkylation sites (tertiary alicyclic amines) is 1. The van der Waals surface area contributed by atoms with Crippen LogP contribution in [0.4, 0.5) is 0 Å². The Morgan fingerprint density at radius 1 is 1.28 bits per heavy atom. The van der Waals surface area contributed by atoms with Crippen molar-refractivity contribution in [3.63, 3.8) is 0 Å². The molecule has 1 N–H and O–H groups in total. The van der Waals surface area contributed by atoms with Gasteiger partial charge in [-0.05, 0) is 52.5 Å². The molecule has 0 aromatic carbocycles. The van der Waals surface area contributed by atoms with Crippen LogP contribution in [0.1, 0.15) is 68.3 Å². The van der Waals surface area contributed by atoms with Gasteiger partial charge in [0.1, 0.15) is 22.7 Å². The summed E-state index contributed by atoms with van der Waals surface area (Å²) in [5.41, 5.74) is 2.08. The van der Waals surface area contributed by atoms with E-state index in [1.165, 1.54) is 18.4 Å². The molecule has 4 rings (SSSR count). The zero-order chi connectivity index (χ0) is 17.4. The Bertz CT molecular complexity index is 738. The van der Waals surface area contributed by atoms with Crippen LogP contribution in [0.15, 0.2) is 10.7 Å². The lowest BCUT2D eigenvalue weighted by molar-refractivity contribution is -0.0420. The number of nitrogens with zero attached hydrogens (tertiary/aromatic N) is 5. The lowest BCUT2D eigenvalue weighted by atomic mass is 9.89. The summed E-state index contributed by atoms with van der Waals surface area (Å²) in [6.07, 6.45) is 8.01. The van der Waals surface area contributed by atoms with Crippen LogP contribution < -0.4 is 0 Å². The van der Waals surface area contributed by atoms with Crippen molar-refractivity contribution >= 4 is 0 Å². The molecule has 0 amide bonds. The third-order valence-electron chi connectivity index (χ3n) is 5.47. The normalized spacial score (nSPS) is 24.6. The van der Waals surface area contributed by atoms with E-state index in [4.69, 9.17) is 4.52 Å². The van der Waals surface area contributed by atoms with E-state index < -0.39 is 5.60 Å². The summed E-state index contributed by atoms with van der Waals surface area (Å²) in [5.74, 6) is 1.06. The highest BCUT2D eigenvalue weighted by molar-refractivity contribution is 5.25. The molecule has 1 aliphatic heterocycles. The Kier molecular flexibility index (Phi) is 4.37. The molecule has 25 heavy (non-hydrogen) atoms. The number of aliphatic hydroxyl groups is 1. The van der Waals surface area contributed by atoms with E-state index in [0.717, 1.165) is 50.2 Å². The number of piperidine rings is 1. The van der Waals surface area contributed by atoms with Crippen molar-refractivity contribution in [2.75, 3.05) is 13.1 Å². The molecule has 0 bridgehead atoms. The quantitative estimate of drug-likeness (QED) is 0.915. The summed E-state index contributed by atoms with van der Waals surface area (Å²) in [6, 6.07) is 0.242. The lowest BCUT2D eigenvalue weighted by Crippen LogP contribution is -2.46. The summed E-state index contributed by atoms with van der Waals surface area (Å²) in [4.78, 5) is 2.27. The molecular formula is C18H27N5O2. The Morgan fingerprint density at radius 2 is 2.12 bits per heavy atom. The predicted octanol–water partition coefficient (Wildman–Crippen LogP) is 2.21. The molecule has 0 saturated carbocycles. The molecule has 0 radical (unpaired) electrons. The molecule has 1 fully saturated rings. The summed E-state index contributed by atoms with van der Waals surface area (Å²) < 4.78 is 7.34. The van der Waals surface area contributed by atoms with Crippen LogP contribution in [0.3, 0.4) is 0 Å². The first kappa shape index (κ1) is 16.7. The first-order valence-corrected chi connectivity index (χ1v) is 9.38. The number of rotatable bonds is 4. The molecule has 2 aromatic heterocycles. The van der Waals surface area contributed by atoms with E-state index in [0.29, 0.717) is 12.2 Å². The highest BCUT2D eigenvalue weighted by atomic mass is 16.5. The van der Waals surface area contributed by atoms with Crippen molar-refractivity contribution in [2.45, 2.75) is 70.6 Å². The van der Waals surface area contributed by atoms with E-state index in [1.807, 2.05) is 6.20 Å². The van der Waals surface area contributed by atoms with Crippen LogP contribution >= 0.6 is 0 Å². The molecule has 7 heteroatoms. The monoisotopic (exact) mass is 345 g/mol. The number of β-amino-alcohol motifs (C(OH)–C–C–N with tert-alkyl or cyclic N) is 1. The SMILES string of the molecule is CC(C)n1cc([C@@]2(O)CCCN(Cc3noc4c3CCCC4)C2)nn1. The van der Waals surface area contributed by atoms with Gasteiger partial charge in [-0.2, -0.15) is 0 Å². The maximum Gasteiger partial charge on any atom is 0.140 e. The Balaban J connectivity index is 1.49. The van der Waals surface area contributed by atoms with Crippen molar-refractivity contribution in [1.82, 2.24) is 25.1 Å². The minimum atomic E-state index is -0.935. The van der Waals surface area contributed by atoms with E-state index in [1.54, 1.807) is 4.68 Å². The Morgan fingerprint density at radius 3 is 2.92 bits per heavy atom. The van der Waals surface area contributed by atoms with Crippen LogP contribution in [0.2, 0.25) is 0 Å². The average Bonchev–Trinajstić information content (AvgIpc) is 3.23. The fourth-order valence-electron chi connectivity index (χ4n) is 3.99. The van der Waals surface area contributed by atoms with Crippen molar-refractivity contribution < 1.29 is 9.63 Å². The number of hydrogen-bond acceptors (Lipinski definition) is 6. The smallest absolute Gasteiger partial charge is 0.140 e. The van der Waals surface area contributed by atoms with E-state index >= 15 is 0 Å². The summed E-state index contributed by atoms with van der Waals surface area (Å²) in [7, 11) is 0. The van der Waals surface area contributed by atoms with Gasteiger partial charge in [0.05, 0.1) is 6.20 Å². The first-order chi connectivity index (χ1) is 12.0. The fraction of sp³-hybridized carbons (Fsp3) is 0.722. The van der Waals surface area contributed by atoms with Gasteiger partial charge in [0.15, 0.2) is 0 Å². The van der Waals surface area contributed by atoms with E-state index in [-0.39, 0.29) is 6.04 Å². The number of aromatic nitrogens is 4. The maximum absolute atomic E-state index is 11.2. The summed E-state index contributed by atoms with van der Waals surface area (Å²) in [6.45, 7) is 6.37. The number of aryl methyl sites for hydroxylation is 1. The van der Waals surface area contributed by atoms with Crippen LogP contribution in [0.5, 0.6) is 0 Å². The molecule has 2 aliphatic rings. The molecule has 2 aromatic rings. The third-order valence-corrected chi connectivity index (χ3v) is 5.47. The maximum atomic E-state index is 11.2. The standard InChI is InChI=1S/C18H27N5O2/c1-13(2)23-11-17(19-21-23)18(24)8-5-9-22(12-18)10-15-14-6-3-4-7-16(14)25-20-15/h11,13,24H,3-10,12H2,1-2H3/t18-/m1/s1. The highest BCUT2D eigenvalue weighted by Gasteiger charge is 2.38. The van der Waals surface area contributed by atoms with Gasteiger partial charge < -0.3 is 9.63 Å². The van der Waals surface area contributed by atoms with Crippen LogP contribution in [-0.2, 0) is 25.0 Å². The number of hydrogen-bond donors (Lipinski definition) is 1. The van der Waals surface area contributed by atoms with Crippen molar-refractivity contribution in [3.05, 3.63) is 28.9 Å². The molecule has 1 saturated heterocycles. The van der Waals surface area contributed by atoms with E-state index in [9.17, 15) is 5.11 Å². The first-order valence-electron chi connectivity index (χ1n) is 9.38.